The number of hydrogen-bond acceptors (Lipinski definition) is 3. The highest BCUT2D eigenvalue weighted by molar-refractivity contribution is 6.42. The Kier molecular flexibility index (Phi) is 3.56. The summed E-state index contributed by atoms with van der Waals surface area (Å²) < 4.78 is 6.19. The lowest BCUT2D eigenvalue weighted by atomic mass is 9.75. The third-order valence-corrected chi connectivity index (χ3v) is 6.46. The molecule has 128 valence electrons. The molecule has 1 aliphatic carbocycles. The molecule has 6 atom stereocenters. The normalized spacial score (nSPS) is 34.6. The van der Waals surface area contributed by atoms with Crippen LogP contribution in [-0.4, -0.2) is 23.1 Å². The number of anilines is 1. The van der Waals surface area contributed by atoms with E-state index < -0.39 is 0 Å². The third-order valence-electron chi connectivity index (χ3n) is 5.73. The van der Waals surface area contributed by atoms with Crippen LogP contribution in [0.4, 0.5) is 5.69 Å². The van der Waals surface area contributed by atoms with Crippen molar-refractivity contribution in [3.8, 4) is 0 Å². The summed E-state index contributed by atoms with van der Waals surface area (Å²) in [6, 6.07) is 9.12. The highest BCUT2D eigenvalue weighted by Gasteiger charge is 2.68. The van der Waals surface area contributed by atoms with Crippen LogP contribution in [0.2, 0.25) is 10.0 Å². The third kappa shape index (κ3) is 2.47. The lowest BCUT2D eigenvalue weighted by Gasteiger charge is -2.27. The first-order valence-electron chi connectivity index (χ1n) is 8.45. The number of fused-ring (bicyclic) bond motifs is 5. The maximum absolute atomic E-state index is 13.1. The number of aromatic nitrogens is 1. The first kappa shape index (κ1) is 15.6. The van der Waals surface area contributed by atoms with Crippen molar-refractivity contribution in [3.63, 3.8) is 0 Å². The topological polar surface area (TPSA) is 51.2 Å². The molecule has 3 heterocycles. The largest absolute Gasteiger partial charge is 0.373 e. The van der Waals surface area contributed by atoms with E-state index in [0.717, 1.165) is 5.56 Å². The van der Waals surface area contributed by atoms with Crippen LogP contribution < -0.4 is 5.32 Å². The average Bonchev–Trinajstić information content (AvgIpc) is 3.23. The van der Waals surface area contributed by atoms with Gasteiger partial charge in [-0.3, -0.25) is 9.78 Å². The van der Waals surface area contributed by atoms with E-state index in [-0.39, 0.29) is 30.0 Å². The number of amides is 1. The minimum atomic E-state index is -0.189. The molecule has 1 N–H and O–H groups in total. The number of nitrogens with zero attached hydrogens (tertiary/aromatic N) is 1. The fourth-order valence-corrected chi connectivity index (χ4v) is 4.88. The van der Waals surface area contributed by atoms with E-state index >= 15 is 0 Å². The molecule has 4 nitrogen and oxygen atoms in total. The summed E-state index contributed by atoms with van der Waals surface area (Å²) in [4.78, 5) is 17.2. The summed E-state index contributed by atoms with van der Waals surface area (Å²) in [5.74, 6) is 1.02. The molecule has 2 aromatic rings. The molecule has 1 amide bonds. The molecule has 3 fully saturated rings. The minimum absolute atomic E-state index is 0.0101. The van der Waals surface area contributed by atoms with E-state index in [2.05, 4.69) is 10.3 Å². The van der Waals surface area contributed by atoms with Crippen LogP contribution in [0.25, 0.3) is 0 Å². The zero-order valence-electron chi connectivity index (χ0n) is 13.2. The van der Waals surface area contributed by atoms with Gasteiger partial charge in [0.15, 0.2) is 0 Å². The molecule has 2 aliphatic heterocycles. The van der Waals surface area contributed by atoms with Gasteiger partial charge in [-0.15, -0.1) is 0 Å². The van der Waals surface area contributed by atoms with Crippen LogP contribution in [0.3, 0.4) is 0 Å². The highest BCUT2D eigenvalue weighted by Crippen LogP contribution is 2.65. The van der Waals surface area contributed by atoms with Gasteiger partial charge >= 0.3 is 0 Å². The molecule has 25 heavy (non-hydrogen) atoms. The fourth-order valence-electron chi connectivity index (χ4n) is 4.58. The number of benzene rings is 1. The van der Waals surface area contributed by atoms with E-state index in [1.807, 2.05) is 12.1 Å². The summed E-state index contributed by atoms with van der Waals surface area (Å²) >= 11 is 12.0. The molecule has 0 spiro atoms. The van der Waals surface area contributed by atoms with Crippen LogP contribution in [-0.2, 0) is 9.53 Å². The first-order valence-corrected chi connectivity index (χ1v) is 9.20. The monoisotopic (exact) mass is 374 g/mol. The zero-order chi connectivity index (χ0) is 17.1. The Hall–Kier alpha value is -1.62. The van der Waals surface area contributed by atoms with Gasteiger partial charge in [-0.1, -0.05) is 23.2 Å². The zero-order valence-corrected chi connectivity index (χ0v) is 14.7. The van der Waals surface area contributed by atoms with Crippen molar-refractivity contribution >= 4 is 34.8 Å². The molecule has 1 aromatic heterocycles. The van der Waals surface area contributed by atoms with Crippen molar-refractivity contribution in [3.05, 3.63) is 58.3 Å². The molecule has 6 heteroatoms. The predicted octanol–water partition coefficient (Wildman–Crippen LogP) is 4.14. The van der Waals surface area contributed by atoms with Gasteiger partial charge in [0, 0.05) is 24.0 Å². The summed E-state index contributed by atoms with van der Waals surface area (Å²) in [5, 5.41) is 3.90. The molecule has 2 bridgehead atoms. The van der Waals surface area contributed by atoms with Crippen molar-refractivity contribution in [2.24, 2.45) is 17.8 Å². The molecule has 1 saturated carbocycles. The Morgan fingerprint density at radius 2 is 1.84 bits per heavy atom. The van der Waals surface area contributed by atoms with Crippen molar-refractivity contribution in [1.82, 2.24) is 4.98 Å². The number of carbonyl (C=O) groups is 1. The lowest BCUT2D eigenvalue weighted by Crippen LogP contribution is -2.37. The number of pyridine rings is 1. The quantitative estimate of drug-likeness (QED) is 0.877. The van der Waals surface area contributed by atoms with E-state index in [9.17, 15) is 4.79 Å². The van der Waals surface area contributed by atoms with Crippen molar-refractivity contribution in [2.45, 2.75) is 24.5 Å². The second kappa shape index (κ2) is 5.70. The highest BCUT2D eigenvalue weighted by atomic mass is 35.5. The van der Waals surface area contributed by atoms with Gasteiger partial charge in [0.2, 0.25) is 5.91 Å². The van der Waals surface area contributed by atoms with Crippen LogP contribution >= 0.6 is 23.2 Å². The lowest BCUT2D eigenvalue weighted by molar-refractivity contribution is -0.122. The molecule has 5 rings (SSSR count). The second-order valence-electron chi connectivity index (χ2n) is 7.08. The van der Waals surface area contributed by atoms with Crippen LogP contribution in [0.5, 0.6) is 0 Å². The summed E-state index contributed by atoms with van der Waals surface area (Å²) in [7, 11) is 0. The Balaban J connectivity index is 1.44. The molecule has 0 unspecified atom stereocenters. The predicted molar refractivity (Wildman–Crippen MR) is 95.8 cm³/mol. The van der Waals surface area contributed by atoms with Crippen molar-refractivity contribution < 1.29 is 9.53 Å². The van der Waals surface area contributed by atoms with Gasteiger partial charge in [-0.05, 0) is 54.2 Å². The van der Waals surface area contributed by atoms with Gasteiger partial charge in [0.05, 0.1) is 28.2 Å². The summed E-state index contributed by atoms with van der Waals surface area (Å²) in [6.45, 7) is 0. The number of nitrogens with one attached hydrogen (secondary N) is 1. The van der Waals surface area contributed by atoms with Gasteiger partial charge in [0.25, 0.3) is 0 Å². The maximum atomic E-state index is 13.1. The molecular weight excluding hydrogens is 359 g/mol. The Morgan fingerprint density at radius 1 is 1.08 bits per heavy atom. The molecular formula is C19H16Cl2N2O2. The number of ether oxygens (including phenoxy) is 1. The SMILES string of the molecule is O=C(Nc1ccc(Cl)c(Cl)c1)[C@@H]1[C@@H]2O[C@@H]([C@H]3C[C@H]32)[C@@H]1c1ccncc1. The number of carbonyl (C=O) groups excluding carboxylic acids is 1. The molecule has 3 aliphatic rings. The van der Waals surface area contributed by atoms with Gasteiger partial charge in [0.1, 0.15) is 0 Å². The average molecular weight is 375 g/mol. The number of hydrogen-bond donors (Lipinski definition) is 1. The second-order valence-corrected chi connectivity index (χ2v) is 7.89. The van der Waals surface area contributed by atoms with E-state index in [1.165, 1.54) is 6.42 Å². The maximum Gasteiger partial charge on any atom is 0.230 e. The van der Waals surface area contributed by atoms with Crippen LogP contribution in [0, 0.1) is 17.8 Å². The smallest absolute Gasteiger partial charge is 0.230 e. The molecule has 1 aromatic carbocycles. The van der Waals surface area contributed by atoms with Crippen molar-refractivity contribution in [2.75, 3.05) is 5.32 Å². The Bertz CT molecular complexity index is 845. The van der Waals surface area contributed by atoms with Crippen LogP contribution in [0.15, 0.2) is 42.7 Å². The number of rotatable bonds is 3. The molecule has 2 saturated heterocycles. The molecule has 0 radical (unpaired) electrons. The first-order chi connectivity index (χ1) is 12.1. The summed E-state index contributed by atoms with van der Waals surface area (Å²) in [5.41, 5.74) is 1.78. The van der Waals surface area contributed by atoms with Crippen molar-refractivity contribution in [1.29, 1.82) is 0 Å². The Morgan fingerprint density at radius 3 is 2.60 bits per heavy atom. The Labute approximate surface area is 155 Å². The van der Waals surface area contributed by atoms with Gasteiger partial charge in [-0.2, -0.15) is 0 Å². The standard InChI is InChI=1S/C19H16Cl2N2O2/c20-13-2-1-10(7-14(13)21)23-19(24)16-15(9-3-5-22-6-4-9)17-11-8-12(11)18(16)25-17/h1-7,11-12,15-18H,8H2,(H,23,24)/t11-,12+,15+,16-,17-,18+/m0/s1. The number of halogens is 2. The summed E-state index contributed by atoms with van der Waals surface area (Å²) in [6.07, 6.45) is 4.88. The van der Waals surface area contributed by atoms with E-state index in [0.29, 0.717) is 27.6 Å². The fraction of sp³-hybridized carbons (Fsp3) is 0.368. The minimum Gasteiger partial charge on any atom is -0.373 e. The van der Waals surface area contributed by atoms with Crippen LogP contribution in [0.1, 0.15) is 17.9 Å². The van der Waals surface area contributed by atoms with E-state index in [1.54, 1.807) is 30.6 Å². The van der Waals surface area contributed by atoms with Gasteiger partial charge in [-0.25, -0.2) is 0 Å². The van der Waals surface area contributed by atoms with E-state index in [4.69, 9.17) is 27.9 Å². The van der Waals surface area contributed by atoms with Gasteiger partial charge < -0.3 is 10.1 Å².